The highest BCUT2D eigenvalue weighted by Crippen LogP contribution is 2.29. The molecule has 0 atom stereocenters. The van der Waals surface area contributed by atoms with E-state index in [0.717, 1.165) is 5.56 Å². The summed E-state index contributed by atoms with van der Waals surface area (Å²) in [7, 11) is 1.84. The maximum atomic E-state index is 6.03. The van der Waals surface area contributed by atoms with Gasteiger partial charge in [0.1, 0.15) is 5.75 Å². The lowest BCUT2D eigenvalue weighted by molar-refractivity contribution is 0.462. The second-order valence-electron chi connectivity index (χ2n) is 3.82. The Labute approximate surface area is 126 Å². The van der Waals surface area contributed by atoms with Gasteiger partial charge in [-0.05, 0) is 24.7 Å². The number of pyridine rings is 1. The van der Waals surface area contributed by atoms with E-state index in [4.69, 9.17) is 39.5 Å². The molecule has 6 heteroatoms. The average molecular weight is 318 g/mol. The summed E-state index contributed by atoms with van der Waals surface area (Å²) in [4.78, 5) is 4.11. The Bertz CT molecular complexity index is 590. The molecule has 3 nitrogen and oxygen atoms in total. The molecule has 0 aliphatic carbocycles. The molecule has 2 aromatic rings. The minimum absolute atomic E-state index is 0.434. The summed E-state index contributed by atoms with van der Waals surface area (Å²) in [6.07, 6.45) is 1.56. The first-order chi connectivity index (χ1) is 9.10. The fraction of sp³-hybridized carbons (Fsp3) is 0.154. The molecule has 0 aliphatic heterocycles. The lowest BCUT2D eigenvalue weighted by Crippen LogP contribution is -2.06. The van der Waals surface area contributed by atoms with Crippen LogP contribution in [-0.2, 0) is 6.54 Å². The SMILES string of the molecule is CNCc1cc(Oc2ccc(Cl)c(Cl)c2)ncc1Cl. The lowest BCUT2D eigenvalue weighted by Gasteiger charge is -2.08. The Hall–Kier alpha value is -1.00. The third-order valence-corrected chi connectivity index (χ3v) is 3.47. The van der Waals surface area contributed by atoms with Gasteiger partial charge in [0.2, 0.25) is 5.88 Å². The Morgan fingerprint density at radius 2 is 1.89 bits per heavy atom. The molecule has 19 heavy (non-hydrogen) atoms. The first-order valence-corrected chi connectivity index (χ1v) is 6.65. The number of benzene rings is 1. The van der Waals surface area contributed by atoms with Crippen molar-refractivity contribution in [3.63, 3.8) is 0 Å². The van der Waals surface area contributed by atoms with Gasteiger partial charge in [-0.1, -0.05) is 34.8 Å². The van der Waals surface area contributed by atoms with E-state index in [2.05, 4.69) is 10.3 Å². The van der Waals surface area contributed by atoms with Crippen LogP contribution in [0.25, 0.3) is 0 Å². The molecule has 0 aliphatic rings. The molecule has 1 heterocycles. The molecule has 0 amide bonds. The number of aromatic nitrogens is 1. The van der Waals surface area contributed by atoms with Gasteiger partial charge in [-0.3, -0.25) is 0 Å². The van der Waals surface area contributed by atoms with E-state index in [1.807, 2.05) is 7.05 Å². The van der Waals surface area contributed by atoms with Crippen molar-refractivity contribution < 1.29 is 4.74 Å². The average Bonchev–Trinajstić information content (AvgIpc) is 2.38. The predicted molar refractivity (Wildman–Crippen MR) is 78.5 cm³/mol. The number of nitrogens with one attached hydrogen (secondary N) is 1. The van der Waals surface area contributed by atoms with Crippen molar-refractivity contribution in [1.82, 2.24) is 10.3 Å². The fourth-order valence-electron chi connectivity index (χ4n) is 1.50. The topological polar surface area (TPSA) is 34.1 Å². The molecule has 1 N–H and O–H groups in total. The second kappa shape index (κ2) is 6.44. The van der Waals surface area contributed by atoms with E-state index in [0.29, 0.717) is 33.2 Å². The van der Waals surface area contributed by atoms with Crippen LogP contribution in [0.2, 0.25) is 15.1 Å². The summed E-state index contributed by atoms with van der Waals surface area (Å²) >= 11 is 17.8. The van der Waals surface area contributed by atoms with E-state index in [9.17, 15) is 0 Å². The van der Waals surface area contributed by atoms with Gasteiger partial charge in [-0.15, -0.1) is 0 Å². The summed E-state index contributed by atoms with van der Waals surface area (Å²) in [6, 6.07) is 6.81. The highest BCUT2D eigenvalue weighted by atomic mass is 35.5. The molecular weight excluding hydrogens is 307 g/mol. The van der Waals surface area contributed by atoms with Gasteiger partial charge < -0.3 is 10.1 Å². The van der Waals surface area contributed by atoms with Crippen molar-refractivity contribution in [2.24, 2.45) is 0 Å². The van der Waals surface area contributed by atoms with Crippen LogP contribution in [0, 0.1) is 0 Å². The smallest absolute Gasteiger partial charge is 0.219 e. The van der Waals surface area contributed by atoms with Gasteiger partial charge in [0.15, 0.2) is 0 Å². The Kier molecular flexibility index (Phi) is 4.88. The summed E-state index contributed by atoms with van der Waals surface area (Å²) in [5, 5.41) is 4.53. The zero-order valence-electron chi connectivity index (χ0n) is 10.1. The van der Waals surface area contributed by atoms with Crippen LogP contribution in [0.1, 0.15) is 5.56 Å². The summed E-state index contributed by atoms with van der Waals surface area (Å²) < 4.78 is 5.62. The summed E-state index contributed by atoms with van der Waals surface area (Å²) in [5.74, 6) is 1.02. The first kappa shape index (κ1) is 14.4. The van der Waals surface area contributed by atoms with E-state index in [1.54, 1.807) is 30.5 Å². The standard InChI is InChI=1S/C13H11Cl3N2O/c1-17-6-8-4-13(18-7-12(8)16)19-9-2-3-10(14)11(15)5-9/h2-5,7,17H,6H2,1H3. The van der Waals surface area contributed by atoms with Gasteiger partial charge in [-0.25, -0.2) is 4.98 Å². The van der Waals surface area contributed by atoms with Crippen LogP contribution >= 0.6 is 34.8 Å². The first-order valence-electron chi connectivity index (χ1n) is 5.52. The molecule has 100 valence electrons. The number of rotatable bonds is 4. The highest BCUT2D eigenvalue weighted by Gasteiger charge is 2.06. The maximum absolute atomic E-state index is 6.03. The van der Waals surface area contributed by atoms with Crippen molar-refractivity contribution in [3.8, 4) is 11.6 Å². The van der Waals surface area contributed by atoms with Crippen LogP contribution in [0.4, 0.5) is 0 Å². The fourth-order valence-corrected chi connectivity index (χ4v) is 1.96. The number of halogens is 3. The molecule has 1 aromatic carbocycles. The van der Waals surface area contributed by atoms with Crippen molar-refractivity contribution in [2.75, 3.05) is 7.05 Å². The molecule has 0 saturated carbocycles. The molecule has 0 radical (unpaired) electrons. The number of ether oxygens (including phenoxy) is 1. The van der Waals surface area contributed by atoms with Crippen molar-refractivity contribution >= 4 is 34.8 Å². The number of hydrogen-bond acceptors (Lipinski definition) is 3. The van der Waals surface area contributed by atoms with Crippen LogP contribution in [-0.4, -0.2) is 12.0 Å². The highest BCUT2D eigenvalue weighted by molar-refractivity contribution is 6.42. The molecule has 2 rings (SSSR count). The van der Waals surface area contributed by atoms with E-state index < -0.39 is 0 Å². The van der Waals surface area contributed by atoms with E-state index in [-0.39, 0.29) is 0 Å². The Balaban J connectivity index is 2.22. The van der Waals surface area contributed by atoms with Gasteiger partial charge in [0.25, 0.3) is 0 Å². The van der Waals surface area contributed by atoms with Gasteiger partial charge in [0.05, 0.1) is 15.1 Å². The van der Waals surface area contributed by atoms with E-state index in [1.165, 1.54) is 0 Å². The molecule has 0 bridgehead atoms. The van der Waals surface area contributed by atoms with Crippen LogP contribution in [0.15, 0.2) is 30.5 Å². The Morgan fingerprint density at radius 3 is 2.58 bits per heavy atom. The van der Waals surface area contributed by atoms with Crippen LogP contribution < -0.4 is 10.1 Å². The molecule has 0 unspecified atom stereocenters. The molecule has 0 spiro atoms. The summed E-state index contributed by atoms with van der Waals surface area (Å²) in [6.45, 7) is 0.638. The van der Waals surface area contributed by atoms with E-state index >= 15 is 0 Å². The quantitative estimate of drug-likeness (QED) is 0.898. The number of nitrogens with zero attached hydrogens (tertiary/aromatic N) is 1. The minimum Gasteiger partial charge on any atom is -0.439 e. The summed E-state index contributed by atoms with van der Waals surface area (Å²) in [5.41, 5.74) is 0.911. The minimum atomic E-state index is 0.434. The van der Waals surface area contributed by atoms with Crippen LogP contribution in [0.3, 0.4) is 0 Å². The number of hydrogen-bond donors (Lipinski definition) is 1. The normalized spacial score (nSPS) is 10.5. The lowest BCUT2D eigenvalue weighted by atomic mass is 10.2. The van der Waals surface area contributed by atoms with Gasteiger partial charge in [0, 0.05) is 24.9 Å². The maximum Gasteiger partial charge on any atom is 0.219 e. The Morgan fingerprint density at radius 1 is 1.11 bits per heavy atom. The van der Waals surface area contributed by atoms with Crippen molar-refractivity contribution in [3.05, 3.63) is 51.1 Å². The third kappa shape index (κ3) is 3.74. The zero-order valence-corrected chi connectivity index (χ0v) is 12.4. The monoisotopic (exact) mass is 316 g/mol. The van der Waals surface area contributed by atoms with Gasteiger partial charge in [-0.2, -0.15) is 0 Å². The van der Waals surface area contributed by atoms with Gasteiger partial charge >= 0.3 is 0 Å². The van der Waals surface area contributed by atoms with Crippen LogP contribution in [0.5, 0.6) is 11.6 Å². The second-order valence-corrected chi connectivity index (χ2v) is 5.04. The van der Waals surface area contributed by atoms with Crippen molar-refractivity contribution in [1.29, 1.82) is 0 Å². The molecule has 0 saturated heterocycles. The molecule has 1 aromatic heterocycles. The molecule has 0 fully saturated rings. The molecular formula is C13H11Cl3N2O. The predicted octanol–water partition coefficient (Wildman–Crippen LogP) is 4.55. The largest absolute Gasteiger partial charge is 0.439 e. The third-order valence-electron chi connectivity index (χ3n) is 2.39. The zero-order chi connectivity index (χ0) is 13.8. The van der Waals surface area contributed by atoms with Crippen molar-refractivity contribution in [2.45, 2.75) is 6.54 Å².